The third-order valence-electron chi connectivity index (χ3n) is 6.01. The number of methoxy groups -OCH3 is 1. The first-order chi connectivity index (χ1) is 14.7. The number of carbonyl (C=O) groups is 1. The van der Waals surface area contributed by atoms with Crippen LogP contribution in [0.2, 0.25) is 5.02 Å². The van der Waals surface area contributed by atoms with Gasteiger partial charge in [0.2, 0.25) is 5.91 Å². The summed E-state index contributed by atoms with van der Waals surface area (Å²) < 4.78 is 6.64. The number of hydrogen-bond acceptors (Lipinski definition) is 5. The number of ether oxygens (including phenoxy) is 1. The molecule has 2 heterocycles. The molecule has 1 N–H and O–H groups in total. The average molecular weight is 460 g/mol. The number of nitrogens with zero attached hydrogens (tertiary/aromatic N) is 2. The lowest BCUT2D eigenvalue weighted by atomic mass is 9.72. The number of nitrogens with one attached hydrogen (secondary N) is 1. The first kappa shape index (κ1) is 21.8. The monoisotopic (exact) mass is 459 g/mol. The molecule has 6 nitrogen and oxygen atoms in total. The maximum atomic E-state index is 13.2. The molecule has 0 spiro atoms. The molecule has 1 aromatic carbocycles. The number of fused-ring (bicyclic) bond motifs is 3. The Kier molecular flexibility index (Phi) is 5.83. The molecule has 1 aliphatic carbocycles. The van der Waals surface area contributed by atoms with Gasteiger partial charge in [0.15, 0.2) is 0 Å². The molecule has 1 aliphatic rings. The zero-order chi connectivity index (χ0) is 22.3. The molecule has 8 heteroatoms. The van der Waals surface area contributed by atoms with Crippen molar-refractivity contribution in [3.63, 3.8) is 0 Å². The predicted molar refractivity (Wildman–Crippen MR) is 125 cm³/mol. The number of aromatic nitrogens is 2. The molecule has 3 aromatic rings. The molecule has 0 saturated heterocycles. The van der Waals surface area contributed by atoms with E-state index in [1.165, 1.54) is 22.9 Å². The van der Waals surface area contributed by atoms with Gasteiger partial charge < -0.3 is 10.1 Å². The first-order valence-electron chi connectivity index (χ1n) is 10.3. The van der Waals surface area contributed by atoms with Crippen molar-refractivity contribution in [2.75, 3.05) is 12.4 Å². The second kappa shape index (κ2) is 8.28. The van der Waals surface area contributed by atoms with Crippen LogP contribution in [-0.4, -0.2) is 22.6 Å². The topological polar surface area (TPSA) is 73.2 Å². The smallest absolute Gasteiger partial charge is 0.262 e. The lowest BCUT2D eigenvalue weighted by Crippen LogP contribution is -2.29. The van der Waals surface area contributed by atoms with Gasteiger partial charge in [-0.25, -0.2) is 4.98 Å². The molecule has 1 unspecified atom stereocenters. The van der Waals surface area contributed by atoms with Crippen LogP contribution in [-0.2, 0) is 24.2 Å². The Bertz CT molecular complexity index is 1210. The van der Waals surface area contributed by atoms with Crippen LogP contribution < -0.4 is 15.6 Å². The summed E-state index contributed by atoms with van der Waals surface area (Å²) in [7, 11) is 1.52. The summed E-state index contributed by atoms with van der Waals surface area (Å²) in [5.41, 5.74) is 1.65. The van der Waals surface area contributed by atoms with Gasteiger partial charge in [-0.2, -0.15) is 0 Å². The third kappa shape index (κ3) is 4.34. The van der Waals surface area contributed by atoms with E-state index in [0.717, 1.165) is 29.7 Å². The molecule has 164 valence electrons. The van der Waals surface area contributed by atoms with Crippen molar-refractivity contribution >= 4 is 44.7 Å². The maximum Gasteiger partial charge on any atom is 0.262 e. The van der Waals surface area contributed by atoms with Crippen molar-refractivity contribution < 1.29 is 9.53 Å². The second-order valence-electron chi connectivity index (χ2n) is 9.06. The fourth-order valence-corrected chi connectivity index (χ4v) is 5.61. The van der Waals surface area contributed by atoms with Crippen LogP contribution in [0.5, 0.6) is 5.75 Å². The summed E-state index contributed by atoms with van der Waals surface area (Å²) in [6.07, 6.45) is 4.38. The Morgan fingerprint density at radius 1 is 1.39 bits per heavy atom. The predicted octanol–water partition coefficient (Wildman–Crippen LogP) is 4.91. The lowest BCUT2D eigenvalue weighted by molar-refractivity contribution is -0.116. The number of anilines is 1. The van der Waals surface area contributed by atoms with E-state index >= 15 is 0 Å². The highest BCUT2D eigenvalue weighted by Crippen LogP contribution is 2.41. The molecular formula is C23H26ClN3O3S. The Morgan fingerprint density at radius 3 is 2.87 bits per heavy atom. The van der Waals surface area contributed by atoms with Crippen molar-refractivity contribution in [3.05, 3.63) is 50.3 Å². The van der Waals surface area contributed by atoms with Crippen LogP contribution in [0.15, 0.2) is 29.3 Å². The molecule has 4 rings (SSSR count). The third-order valence-corrected chi connectivity index (χ3v) is 7.41. The Labute approximate surface area is 190 Å². The molecule has 0 bridgehead atoms. The van der Waals surface area contributed by atoms with Crippen LogP contribution >= 0.6 is 22.9 Å². The zero-order valence-electron chi connectivity index (χ0n) is 18.1. The fraction of sp³-hybridized carbons (Fsp3) is 0.435. The second-order valence-corrected chi connectivity index (χ2v) is 10.6. The molecule has 2 aromatic heterocycles. The van der Waals surface area contributed by atoms with Crippen LogP contribution in [0.1, 0.15) is 37.6 Å². The molecule has 1 amide bonds. The fourth-order valence-electron chi connectivity index (χ4n) is 4.18. The van der Waals surface area contributed by atoms with Crippen LogP contribution in [0, 0.1) is 11.3 Å². The van der Waals surface area contributed by atoms with Gasteiger partial charge >= 0.3 is 0 Å². The van der Waals surface area contributed by atoms with E-state index in [-0.39, 0.29) is 23.4 Å². The van der Waals surface area contributed by atoms with Crippen molar-refractivity contribution in [1.29, 1.82) is 0 Å². The SMILES string of the molecule is COc1ccc(Cl)cc1NC(=O)Cn1cnc2sc3c(c2c1=O)CCC(C(C)(C)C)C3. The number of rotatable bonds is 4. The normalized spacial score (nSPS) is 16.2. The van der Waals surface area contributed by atoms with Gasteiger partial charge in [-0.3, -0.25) is 14.2 Å². The maximum absolute atomic E-state index is 13.2. The van der Waals surface area contributed by atoms with E-state index in [0.29, 0.717) is 27.8 Å². The average Bonchev–Trinajstić information content (AvgIpc) is 3.08. The van der Waals surface area contributed by atoms with E-state index in [4.69, 9.17) is 16.3 Å². The Morgan fingerprint density at radius 2 is 2.16 bits per heavy atom. The molecule has 0 fully saturated rings. The largest absolute Gasteiger partial charge is 0.495 e. The van der Waals surface area contributed by atoms with E-state index < -0.39 is 0 Å². The summed E-state index contributed by atoms with van der Waals surface area (Å²) in [6.45, 7) is 6.69. The summed E-state index contributed by atoms with van der Waals surface area (Å²) >= 11 is 7.64. The molecule has 0 radical (unpaired) electrons. The van der Waals surface area contributed by atoms with Gasteiger partial charge in [-0.1, -0.05) is 32.4 Å². The van der Waals surface area contributed by atoms with Gasteiger partial charge in [-0.15, -0.1) is 11.3 Å². The lowest BCUT2D eigenvalue weighted by Gasteiger charge is -2.33. The summed E-state index contributed by atoms with van der Waals surface area (Å²) in [5, 5.41) is 3.92. The van der Waals surface area contributed by atoms with Gasteiger partial charge in [0.05, 0.1) is 24.5 Å². The zero-order valence-corrected chi connectivity index (χ0v) is 19.7. The van der Waals surface area contributed by atoms with E-state index in [1.54, 1.807) is 29.5 Å². The van der Waals surface area contributed by atoms with E-state index in [9.17, 15) is 9.59 Å². The highest BCUT2D eigenvalue weighted by Gasteiger charge is 2.31. The number of benzene rings is 1. The minimum absolute atomic E-state index is 0.132. The van der Waals surface area contributed by atoms with Gasteiger partial charge in [-0.05, 0) is 54.4 Å². The molecule has 31 heavy (non-hydrogen) atoms. The van der Waals surface area contributed by atoms with Crippen molar-refractivity contribution in [1.82, 2.24) is 9.55 Å². The minimum atomic E-state index is -0.347. The molecule has 0 aliphatic heterocycles. The Hall–Kier alpha value is -2.38. The first-order valence-corrected chi connectivity index (χ1v) is 11.5. The summed E-state index contributed by atoms with van der Waals surface area (Å²) in [6, 6.07) is 4.98. The highest BCUT2D eigenvalue weighted by atomic mass is 35.5. The Balaban J connectivity index is 1.60. The number of aryl methyl sites for hydroxylation is 1. The van der Waals surface area contributed by atoms with Crippen molar-refractivity contribution in [3.8, 4) is 5.75 Å². The van der Waals surface area contributed by atoms with Crippen molar-refractivity contribution in [2.45, 2.75) is 46.6 Å². The number of amides is 1. The number of thiophene rings is 1. The van der Waals surface area contributed by atoms with E-state index in [1.807, 2.05) is 0 Å². The van der Waals surface area contributed by atoms with Crippen molar-refractivity contribution in [2.24, 2.45) is 11.3 Å². The quantitative estimate of drug-likeness (QED) is 0.601. The van der Waals surface area contributed by atoms with Gasteiger partial charge in [0.1, 0.15) is 17.1 Å². The van der Waals surface area contributed by atoms with Crippen LogP contribution in [0.25, 0.3) is 10.2 Å². The molecule has 0 saturated carbocycles. The van der Waals surface area contributed by atoms with Crippen LogP contribution in [0.4, 0.5) is 5.69 Å². The number of hydrogen-bond donors (Lipinski definition) is 1. The van der Waals surface area contributed by atoms with Crippen LogP contribution in [0.3, 0.4) is 0 Å². The molecular weight excluding hydrogens is 434 g/mol. The minimum Gasteiger partial charge on any atom is -0.495 e. The van der Waals surface area contributed by atoms with Gasteiger partial charge in [0.25, 0.3) is 5.56 Å². The highest BCUT2D eigenvalue weighted by molar-refractivity contribution is 7.18. The summed E-state index contributed by atoms with van der Waals surface area (Å²) in [4.78, 5) is 32.4. The van der Waals surface area contributed by atoms with E-state index in [2.05, 4.69) is 31.1 Å². The summed E-state index contributed by atoms with van der Waals surface area (Å²) in [5.74, 6) is 0.744. The molecule has 1 atom stereocenters. The standard InChI is InChI=1S/C23H26ClN3O3S/c1-23(2,3)13-5-7-15-18(9-13)31-21-20(15)22(29)27(12-25-21)11-19(28)26-16-10-14(24)6-8-17(16)30-4/h6,8,10,12-13H,5,7,9,11H2,1-4H3,(H,26,28). The van der Waals surface area contributed by atoms with Gasteiger partial charge in [0, 0.05) is 9.90 Å². The number of carbonyl (C=O) groups excluding carboxylic acids is 1. The number of halogens is 1.